The summed E-state index contributed by atoms with van der Waals surface area (Å²) in [5.74, 6) is 1.67. The number of carbonyl (C=O) groups excluding carboxylic acids is 1. The third-order valence-corrected chi connectivity index (χ3v) is 7.06. The normalized spacial score (nSPS) is 13.7. The Kier molecular flexibility index (Phi) is 7.03. The molecule has 2 N–H and O–H groups in total. The van der Waals surface area contributed by atoms with E-state index in [1.54, 1.807) is 11.3 Å². The van der Waals surface area contributed by atoms with Gasteiger partial charge in [0.25, 0.3) is 0 Å². The van der Waals surface area contributed by atoms with E-state index in [2.05, 4.69) is 20.9 Å². The lowest BCUT2D eigenvalue weighted by Crippen LogP contribution is -2.36. The van der Waals surface area contributed by atoms with E-state index >= 15 is 0 Å². The Labute approximate surface area is 212 Å². The van der Waals surface area contributed by atoms with E-state index in [9.17, 15) is 4.79 Å². The van der Waals surface area contributed by atoms with Gasteiger partial charge in [0.1, 0.15) is 0 Å². The number of esters is 1. The van der Waals surface area contributed by atoms with E-state index in [1.807, 2.05) is 36.2 Å². The zero-order valence-corrected chi connectivity index (χ0v) is 21.0. The molecule has 0 bridgehead atoms. The Morgan fingerprint density at radius 3 is 2.56 bits per heavy atom. The molecule has 10 nitrogen and oxygen atoms in total. The van der Waals surface area contributed by atoms with Crippen molar-refractivity contribution >= 4 is 39.3 Å². The van der Waals surface area contributed by atoms with Crippen molar-refractivity contribution in [1.29, 1.82) is 0 Å². The number of carbonyl (C=O) groups is 1. The number of thiophene rings is 1. The summed E-state index contributed by atoms with van der Waals surface area (Å²) in [4.78, 5) is 35.5. The summed E-state index contributed by atoms with van der Waals surface area (Å²) >= 11 is 1.67. The Morgan fingerprint density at radius 1 is 1.17 bits per heavy atom. The van der Waals surface area contributed by atoms with Crippen molar-refractivity contribution < 1.29 is 14.3 Å². The number of rotatable bonds is 7. The number of nitrogens with zero attached hydrogens (tertiary/aromatic N) is 6. The molecule has 186 valence electrons. The number of morpholine rings is 1. The van der Waals surface area contributed by atoms with Gasteiger partial charge >= 0.3 is 5.97 Å². The molecule has 5 rings (SSSR count). The van der Waals surface area contributed by atoms with Crippen LogP contribution >= 0.6 is 11.3 Å². The van der Waals surface area contributed by atoms with Crippen molar-refractivity contribution in [3.8, 4) is 11.4 Å². The van der Waals surface area contributed by atoms with Crippen molar-refractivity contribution in [1.82, 2.24) is 19.9 Å². The second-order valence-corrected chi connectivity index (χ2v) is 9.55. The summed E-state index contributed by atoms with van der Waals surface area (Å²) in [5, 5.41) is 0. The van der Waals surface area contributed by atoms with Crippen LogP contribution in [0.2, 0.25) is 0 Å². The Morgan fingerprint density at radius 2 is 1.89 bits per heavy atom. The lowest BCUT2D eigenvalue weighted by atomic mass is 10.1. The molecule has 4 heterocycles. The van der Waals surface area contributed by atoms with Crippen LogP contribution in [-0.4, -0.2) is 66.4 Å². The van der Waals surface area contributed by atoms with Crippen LogP contribution in [0, 0.1) is 0 Å². The average molecular weight is 506 g/mol. The zero-order valence-electron chi connectivity index (χ0n) is 20.2. The third-order valence-electron chi connectivity index (χ3n) is 5.96. The van der Waals surface area contributed by atoms with Crippen molar-refractivity contribution in [3.05, 3.63) is 58.7 Å². The fourth-order valence-corrected chi connectivity index (χ4v) is 5.16. The number of nitrogens with two attached hydrogens (primary N) is 1. The highest BCUT2D eigenvalue weighted by atomic mass is 32.1. The molecule has 0 radical (unpaired) electrons. The van der Waals surface area contributed by atoms with Crippen molar-refractivity contribution in [2.75, 3.05) is 50.3 Å². The van der Waals surface area contributed by atoms with Crippen LogP contribution in [0.3, 0.4) is 0 Å². The minimum absolute atomic E-state index is 0.314. The predicted octanol–water partition coefficient (Wildman–Crippen LogP) is 2.87. The van der Waals surface area contributed by atoms with Gasteiger partial charge in [-0.05, 0) is 11.6 Å². The molecule has 0 aliphatic carbocycles. The van der Waals surface area contributed by atoms with Crippen molar-refractivity contribution in [3.63, 3.8) is 0 Å². The molecule has 0 atom stereocenters. The monoisotopic (exact) mass is 505 g/mol. The molecule has 0 unspecified atom stereocenters. The number of methoxy groups -OCH3 is 1. The van der Waals surface area contributed by atoms with E-state index < -0.39 is 5.97 Å². The van der Waals surface area contributed by atoms with Crippen LogP contribution in [0.1, 0.15) is 20.8 Å². The number of hydrogen-bond donors (Lipinski definition) is 1. The maximum absolute atomic E-state index is 11.7. The second kappa shape index (κ2) is 10.5. The van der Waals surface area contributed by atoms with Gasteiger partial charge in [-0.25, -0.2) is 24.7 Å². The van der Waals surface area contributed by atoms with E-state index in [4.69, 9.17) is 25.2 Å². The van der Waals surface area contributed by atoms with Crippen LogP contribution in [0.5, 0.6) is 0 Å². The van der Waals surface area contributed by atoms with Gasteiger partial charge in [-0.3, -0.25) is 0 Å². The fraction of sp³-hybridized carbons (Fsp3) is 0.320. The summed E-state index contributed by atoms with van der Waals surface area (Å²) in [5.41, 5.74) is 9.00. The molecule has 1 aromatic carbocycles. The smallest absolute Gasteiger partial charge is 0.341 e. The summed E-state index contributed by atoms with van der Waals surface area (Å²) < 4.78 is 11.3. The van der Waals surface area contributed by atoms with E-state index in [-0.39, 0.29) is 0 Å². The second-order valence-electron chi connectivity index (χ2n) is 8.42. The van der Waals surface area contributed by atoms with E-state index in [0.29, 0.717) is 43.6 Å². The molecule has 0 spiro atoms. The number of aromatic nitrogens is 4. The lowest BCUT2D eigenvalue weighted by Gasteiger charge is -2.28. The Hall–Kier alpha value is -3.67. The van der Waals surface area contributed by atoms with Crippen LogP contribution in [0.15, 0.2) is 42.7 Å². The highest BCUT2D eigenvalue weighted by Gasteiger charge is 2.21. The van der Waals surface area contributed by atoms with Gasteiger partial charge in [0.05, 0.1) is 42.6 Å². The SMILES string of the molecule is COC(=O)c1cnc(N(C)Cc2cc3nc(-c4ccc(CN)cc4)nc(N4CCOCC4)c3s2)nc1. The molecule has 1 aliphatic heterocycles. The highest BCUT2D eigenvalue weighted by Crippen LogP contribution is 2.35. The minimum Gasteiger partial charge on any atom is -0.465 e. The number of ether oxygens (including phenoxy) is 2. The standard InChI is InChI=1S/C25H27N7O3S/c1-31(25-27-13-18(14-28-25)24(33)34-2)15-19-11-20-21(36-19)23(32-7-9-35-10-8-32)30-22(29-20)17-5-3-16(12-26)4-6-17/h3-6,11,13-14H,7-10,12,15,26H2,1-2H3. The lowest BCUT2D eigenvalue weighted by molar-refractivity contribution is 0.0599. The zero-order chi connectivity index (χ0) is 25.1. The molecule has 1 fully saturated rings. The van der Waals surface area contributed by atoms with Gasteiger partial charge in [0.2, 0.25) is 5.95 Å². The molecule has 0 amide bonds. The number of hydrogen-bond acceptors (Lipinski definition) is 11. The van der Waals surface area contributed by atoms with Gasteiger partial charge in [-0.15, -0.1) is 11.3 Å². The molecule has 36 heavy (non-hydrogen) atoms. The van der Waals surface area contributed by atoms with Gasteiger partial charge in [0.15, 0.2) is 11.6 Å². The van der Waals surface area contributed by atoms with Gasteiger partial charge in [-0.2, -0.15) is 0 Å². The van der Waals surface area contributed by atoms with Gasteiger partial charge in [-0.1, -0.05) is 24.3 Å². The molecular weight excluding hydrogens is 478 g/mol. The van der Waals surface area contributed by atoms with Crippen LogP contribution in [0.25, 0.3) is 21.6 Å². The topological polar surface area (TPSA) is 120 Å². The molecule has 0 saturated carbocycles. The van der Waals surface area contributed by atoms with Crippen molar-refractivity contribution in [2.45, 2.75) is 13.1 Å². The summed E-state index contributed by atoms with van der Waals surface area (Å²) in [6.45, 7) is 3.99. The molecule has 4 aromatic rings. The highest BCUT2D eigenvalue weighted by molar-refractivity contribution is 7.19. The predicted molar refractivity (Wildman–Crippen MR) is 139 cm³/mol. The number of anilines is 2. The van der Waals surface area contributed by atoms with E-state index in [0.717, 1.165) is 45.1 Å². The molecule has 11 heteroatoms. The summed E-state index contributed by atoms with van der Waals surface area (Å²) in [6, 6.07) is 10.2. The first-order valence-electron chi connectivity index (χ1n) is 11.6. The molecule has 1 aliphatic rings. The molecule has 3 aromatic heterocycles. The van der Waals surface area contributed by atoms with Gasteiger partial charge < -0.3 is 25.0 Å². The maximum Gasteiger partial charge on any atom is 0.341 e. The van der Waals surface area contributed by atoms with Crippen LogP contribution < -0.4 is 15.5 Å². The first kappa shape index (κ1) is 24.0. The number of fused-ring (bicyclic) bond motifs is 1. The molecule has 1 saturated heterocycles. The fourth-order valence-electron chi connectivity index (χ4n) is 4.00. The third kappa shape index (κ3) is 4.99. The van der Waals surface area contributed by atoms with E-state index in [1.165, 1.54) is 19.5 Å². The van der Waals surface area contributed by atoms with Crippen LogP contribution in [-0.2, 0) is 22.6 Å². The van der Waals surface area contributed by atoms with Crippen LogP contribution in [0.4, 0.5) is 11.8 Å². The molecular formula is C25H27N7O3S. The summed E-state index contributed by atoms with van der Waals surface area (Å²) in [6.07, 6.45) is 2.94. The Bertz CT molecular complexity index is 1350. The van der Waals surface area contributed by atoms with Gasteiger partial charge in [0, 0.05) is 49.5 Å². The maximum atomic E-state index is 11.7. The number of benzene rings is 1. The first-order valence-corrected chi connectivity index (χ1v) is 12.4. The first-order chi connectivity index (χ1) is 17.6. The Balaban J connectivity index is 1.47. The van der Waals surface area contributed by atoms with Crippen molar-refractivity contribution in [2.24, 2.45) is 5.73 Å². The largest absolute Gasteiger partial charge is 0.465 e. The quantitative estimate of drug-likeness (QED) is 0.375. The summed E-state index contributed by atoms with van der Waals surface area (Å²) in [7, 11) is 3.25. The average Bonchev–Trinajstić information content (AvgIpc) is 3.35. The minimum atomic E-state index is -0.462.